The van der Waals surface area contributed by atoms with E-state index in [4.69, 9.17) is 4.74 Å². The minimum Gasteiger partial charge on any atom is -0.379 e. The van der Waals surface area contributed by atoms with E-state index in [1.165, 1.54) is 57.8 Å². The van der Waals surface area contributed by atoms with Gasteiger partial charge in [0.1, 0.15) is 0 Å². The average Bonchev–Trinajstić information content (AvgIpc) is 2.32. The van der Waals surface area contributed by atoms with Gasteiger partial charge < -0.3 is 10.9 Å². The third-order valence-electron chi connectivity index (χ3n) is 4.44. The van der Waals surface area contributed by atoms with Crippen molar-refractivity contribution in [3.8, 4) is 0 Å². The summed E-state index contributed by atoms with van der Waals surface area (Å²) in [5, 5.41) is 0. The number of ether oxygens (including phenoxy) is 1. The molecule has 0 saturated heterocycles. The summed E-state index contributed by atoms with van der Waals surface area (Å²) in [6.07, 6.45) is 13.6. The SMILES string of the molecule is CCOC1CCC(C2CCCCC2)CC1.N. The van der Waals surface area contributed by atoms with Gasteiger partial charge in [0, 0.05) is 6.61 Å². The molecule has 2 heteroatoms. The first-order valence-electron chi connectivity index (χ1n) is 7.01. The molecule has 0 radical (unpaired) electrons. The zero-order valence-electron chi connectivity index (χ0n) is 10.9. The minimum absolute atomic E-state index is 0. The van der Waals surface area contributed by atoms with Crippen LogP contribution < -0.4 is 6.15 Å². The highest BCUT2D eigenvalue weighted by Gasteiger charge is 2.28. The van der Waals surface area contributed by atoms with Crippen LogP contribution in [0.3, 0.4) is 0 Å². The van der Waals surface area contributed by atoms with Crippen LogP contribution in [0.2, 0.25) is 0 Å². The van der Waals surface area contributed by atoms with E-state index < -0.39 is 0 Å². The molecule has 16 heavy (non-hydrogen) atoms. The lowest BCUT2D eigenvalue weighted by molar-refractivity contribution is 0.0151. The molecular weight excluding hydrogens is 198 g/mol. The molecule has 0 aliphatic heterocycles. The monoisotopic (exact) mass is 227 g/mol. The molecule has 2 nitrogen and oxygen atoms in total. The van der Waals surface area contributed by atoms with Crippen LogP contribution in [0, 0.1) is 11.8 Å². The molecule has 2 aliphatic carbocycles. The van der Waals surface area contributed by atoms with Gasteiger partial charge in [-0.1, -0.05) is 32.1 Å². The van der Waals surface area contributed by atoms with E-state index in [2.05, 4.69) is 6.92 Å². The fourth-order valence-corrected chi connectivity index (χ4v) is 3.57. The Kier molecular flexibility index (Phi) is 6.37. The second kappa shape index (κ2) is 7.29. The third-order valence-corrected chi connectivity index (χ3v) is 4.44. The first-order chi connectivity index (χ1) is 7.40. The maximum absolute atomic E-state index is 5.72. The standard InChI is InChI=1S/C14H26O.H3N/c1-2-15-14-10-8-13(9-11-14)12-6-4-3-5-7-12;/h12-14H,2-11H2,1H3;1H3. The molecule has 0 heterocycles. The number of hydrogen-bond donors (Lipinski definition) is 1. The lowest BCUT2D eigenvalue weighted by Gasteiger charge is -2.35. The van der Waals surface area contributed by atoms with E-state index in [9.17, 15) is 0 Å². The van der Waals surface area contributed by atoms with Crippen molar-refractivity contribution in [2.24, 2.45) is 11.8 Å². The Labute approximate surface area is 101 Å². The molecule has 96 valence electrons. The van der Waals surface area contributed by atoms with E-state index in [1.54, 1.807) is 0 Å². The average molecular weight is 227 g/mol. The molecule has 0 aromatic carbocycles. The molecule has 0 atom stereocenters. The van der Waals surface area contributed by atoms with Crippen molar-refractivity contribution in [3.63, 3.8) is 0 Å². The summed E-state index contributed by atoms with van der Waals surface area (Å²) >= 11 is 0. The number of hydrogen-bond acceptors (Lipinski definition) is 2. The fourth-order valence-electron chi connectivity index (χ4n) is 3.57. The summed E-state index contributed by atoms with van der Waals surface area (Å²) < 4.78 is 5.72. The van der Waals surface area contributed by atoms with Gasteiger partial charge in [0.15, 0.2) is 0 Å². The van der Waals surface area contributed by atoms with Gasteiger partial charge in [-0.3, -0.25) is 0 Å². The van der Waals surface area contributed by atoms with E-state index in [1.807, 2.05) is 0 Å². The Morgan fingerprint density at radius 3 is 1.94 bits per heavy atom. The first kappa shape index (κ1) is 14.0. The van der Waals surface area contributed by atoms with E-state index in [0.29, 0.717) is 6.10 Å². The van der Waals surface area contributed by atoms with Gasteiger partial charge in [-0.15, -0.1) is 0 Å². The summed E-state index contributed by atoms with van der Waals surface area (Å²) in [6.45, 7) is 3.02. The normalized spacial score (nSPS) is 32.1. The molecule has 3 N–H and O–H groups in total. The van der Waals surface area contributed by atoms with E-state index in [-0.39, 0.29) is 6.15 Å². The zero-order chi connectivity index (χ0) is 10.5. The highest BCUT2D eigenvalue weighted by molar-refractivity contribution is 4.80. The molecule has 0 amide bonds. The molecule has 0 unspecified atom stereocenters. The highest BCUT2D eigenvalue weighted by atomic mass is 16.5. The van der Waals surface area contributed by atoms with Crippen molar-refractivity contribution in [1.82, 2.24) is 6.15 Å². The maximum atomic E-state index is 5.72. The molecule has 2 rings (SSSR count). The summed E-state index contributed by atoms with van der Waals surface area (Å²) in [5.74, 6) is 2.11. The van der Waals surface area contributed by atoms with Crippen LogP contribution in [0.4, 0.5) is 0 Å². The van der Waals surface area contributed by atoms with Crippen molar-refractivity contribution in [2.75, 3.05) is 6.61 Å². The zero-order valence-corrected chi connectivity index (χ0v) is 10.9. The Hall–Kier alpha value is -0.0800. The van der Waals surface area contributed by atoms with Gasteiger partial charge in [0.2, 0.25) is 0 Å². The predicted octanol–water partition coefficient (Wildman–Crippen LogP) is 4.32. The van der Waals surface area contributed by atoms with Crippen molar-refractivity contribution >= 4 is 0 Å². The molecule has 0 aromatic heterocycles. The van der Waals surface area contributed by atoms with Gasteiger partial charge >= 0.3 is 0 Å². The van der Waals surface area contributed by atoms with Crippen molar-refractivity contribution in [3.05, 3.63) is 0 Å². The molecular formula is C14H29NO. The smallest absolute Gasteiger partial charge is 0.0575 e. The summed E-state index contributed by atoms with van der Waals surface area (Å²) in [6, 6.07) is 0. The molecule has 2 saturated carbocycles. The second-order valence-electron chi connectivity index (χ2n) is 5.39. The Morgan fingerprint density at radius 2 is 1.38 bits per heavy atom. The van der Waals surface area contributed by atoms with E-state index >= 15 is 0 Å². The van der Waals surface area contributed by atoms with Gasteiger partial charge in [0.25, 0.3) is 0 Å². The van der Waals surface area contributed by atoms with Crippen LogP contribution in [0.1, 0.15) is 64.7 Å². The van der Waals surface area contributed by atoms with Gasteiger partial charge in [0.05, 0.1) is 6.10 Å². The maximum Gasteiger partial charge on any atom is 0.0575 e. The van der Waals surface area contributed by atoms with Crippen LogP contribution in [-0.4, -0.2) is 12.7 Å². The second-order valence-corrected chi connectivity index (χ2v) is 5.39. The first-order valence-corrected chi connectivity index (χ1v) is 7.01. The van der Waals surface area contributed by atoms with Crippen molar-refractivity contribution < 1.29 is 4.74 Å². The van der Waals surface area contributed by atoms with Gasteiger partial charge in [-0.25, -0.2) is 0 Å². The summed E-state index contributed by atoms with van der Waals surface area (Å²) in [4.78, 5) is 0. The molecule has 2 fully saturated rings. The largest absolute Gasteiger partial charge is 0.379 e. The van der Waals surface area contributed by atoms with Crippen LogP contribution in [0.25, 0.3) is 0 Å². The van der Waals surface area contributed by atoms with Gasteiger partial charge in [-0.05, 0) is 44.4 Å². The Balaban J connectivity index is 0.00000128. The van der Waals surface area contributed by atoms with Crippen molar-refractivity contribution in [2.45, 2.75) is 70.8 Å². The molecule has 2 aliphatic rings. The lowest BCUT2D eigenvalue weighted by atomic mass is 9.73. The van der Waals surface area contributed by atoms with Crippen LogP contribution in [0.15, 0.2) is 0 Å². The Bertz CT molecular complexity index is 170. The lowest BCUT2D eigenvalue weighted by Crippen LogP contribution is -2.27. The number of rotatable bonds is 3. The summed E-state index contributed by atoms with van der Waals surface area (Å²) in [7, 11) is 0. The van der Waals surface area contributed by atoms with Crippen LogP contribution >= 0.6 is 0 Å². The molecule has 0 bridgehead atoms. The highest BCUT2D eigenvalue weighted by Crippen LogP contribution is 2.38. The van der Waals surface area contributed by atoms with Crippen LogP contribution in [0.5, 0.6) is 0 Å². The molecule has 0 aromatic rings. The van der Waals surface area contributed by atoms with Crippen molar-refractivity contribution in [1.29, 1.82) is 0 Å². The topological polar surface area (TPSA) is 44.2 Å². The summed E-state index contributed by atoms with van der Waals surface area (Å²) in [5.41, 5.74) is 0. The molecule has 0 spiro atoms. The fraction of sp³-hybridized carbons (Fsp3) is 1.00. The minimum atomic E-state index is 0. The quantitative estimate of drug-likeness (QED) is 0.780. The Morgan fingerprint density at radius 1 is 0.812 bits per heavy atom. The third kappa shape index (κ3) is 3.74. The van der Waals surface area contributed by atoms with E-state index in [0.717, 1.165) is 18.4 Å². The predicted molar refractivity (Wildman–Crippen MR) is 69.0 cm³/mol. The van der Waals surface area contributed by atoms with Crippen LogP contribution in [-0.2, 0) is 4.74 Å². The van der Waals surface area contributed by atoms with Gasteiger partial charge in [-0.2, -0.15) is 0 Å².